The van der Waals surface area contributed by atoms with Crippen LogP contribution in [0.4, 0.5) is 5.82 Å². The van der Waals surface area contributed by atoms with Gasteiger partial charge in [0.25, 0.3) is 0 Å². The predicted molar refractivity (Wildman–Crippen MR) is 85.8 cm³/mol. The Morgan fingerprint density at radius 1 is 1.05 bits per heavy atom. The molecule has 20 heavy (non-hydrogen) atoms. The first-order chi connectivity index (χ1) is 9.59. The second kappa shape index (κ2) is 4.80. The van der Waals surface area contributed by atoms with Crippen molar-refractivity contribution in [2.45, 2.75) is 13.8 Å². The van der Waals surface area contributed by atoms with E-state index in [4.69, 9.17) is 5.73 Å². The second-order valence-electron chi connectivity index (χ2n) is 5.02. The first-order valence-corrected chi connectivity index (χ1v) is 7.45. The van der Waals surface area contributed by atoms with Crippen LogP contribution in [-0.4, -0.2) is 9.78 Å². The molecule has 0 fully saturated rings. The van der Waals surface area contributed by atoms with E-state index >= 15 is 0 Å². The molecule has 0 aliphatic heterocycles. The zero-order chi connectivity index (χ0) is 14.3. The van der Waals surface area contributed by atoms with Crippen LogP contribution in [0.2, 0.25) is 0 Å². The first-order valence-electron chi connectivity index (χ1n) is 6.51. The van der Waals surface area contributed by atoms with Gasteiger partial charge in [-0.25, -0.2) is 0 Å². The zero-order valence-corrected chi connectivity index (χ0v) is 12.7. The van der Waals surface area contributed by atoms with Gasteiger partial charge in [-0.15, -0.1) is 0 Å². The highest BCUT2D eigenvalue weighted by atomic mass is 32.1. The first kappa shape index (κ1) is 12.9. The number of aromatic nitrogens is 2. The van der Waals surface area contributed by atoms with E-state index in [1.807, 2.05) is 19.2 Å². The van der Waals surface area contributed by atoms with Gasteiger partial charge < -0.3 is 5.73 Å². The van der Waals surface area contributed by atoms with Crippen molar-refractivity contribution in [2.24, 2.45) is 7.05 Å². The summed E-state index contributed by atoms with van der Waals surface area (Å²) < 4.78 is 1.76. The Kier molecular flexibility index (Phi) is 3.10. The van der Waals surface area contributed by atoms with E-state index in [1.165, 1.54) is 16.7 Å². The normalized spacial score (nSPS) is 10.9. The van der Waals surface area contributed by atoms with Gasteiger partial charge >= 0.3 is 0 Å². The summed E-state index contributed by atoms with van der Waals surface area (Å²) in [7, 11) is 1.89. The van der Waals surface area contributed by atoms with Gasteiger partial charge in [-0.05, 0) is 35.9 Å². The number of rotatable bonds is 2. The molecule has 2 N–H and O–H groups in total. The van der Waals surface area contributed by atoms with Crippen molar-refractivity contribution in [2.75, 3.05) is 5.73 Å². The standard InChI is InChI=1S/C16H17N3S/c1-10-6-4-5-7-12(10)14-15(18-19(3)16(14)17)13-9-20-8-11(13)2/h4-9H,17H2,1-3H3. The summed E-state index contributed by atoms with van der Waals surface area (Å²) in [5, 5.41) is 8.91. The van der Waals surface area contributed by atoms with Gasteiger partial charge in [0.2, 0.25) is 0 Å². The van der Waals surface area contributed by atoms with Gasteiger partial charge in [0, 0.05) is 18.0 Å². The minimum atomic E-state index is 0.708. The highest BCUT2D eigenvalue weighted by Crippen LogP contribution is 2.39. The lowest BCUT2D eigenvalue weighted by molar-refractivity contribution is 0.782. The van der Waals surface area contributed by atoms with Crippen molar-refractivity contribution in [3.63, 3.8) is 0 Å². The molecule has 2 aromatic heterocycles. The van der Waals surface area contributed by atoms with E-state index in [0.717, 1.165) is 16.8 Å². The third-order valence-electron chi connectivity index (χ3n) is 3.62. The third kappa shape index (κ3) is 1.93. The lowest BCUT2D eigenvalue weighted by atomic mass is 9.97. The number of aryl methyl sites for hydroxylation is 3. The van der Waals surface area contributed by atoms with Crippen LogP contribution in [0.5, 0.6) is 0 Å². The minimum Gasteiger partial charge on any atom is -0.383 e. The number of thiophene rings is 1. The molecule has 0 saturated heterocycles. The molecule has 0 aliphatic carbocycles. The lowest BCUT2D eigenvalue weighted by Crippen LogP contribution is -1.98. The molecule has 3 aromatic rings. The van der Waals surface area contributed by atoms with Gasteiger partial charge in [-0.3, -0.25) is 4.68 Å². The average Bonchev–Trinajstić information content (AvgIpc) is 2.96. The highest BCUT2D eigenvalue weighted by Gasteiger charge is 2.20. The summed E-state index contributed by atoms with van der Waals surface area (Å²) in [6, 6.07) is 8.29. The summed E-state index contributed by atoms with van der Waals surface area (Å²) in [5.74, 6) is 0.708. The quantitative estimate of drug-likeness (QED) is 0.772. The predicted octanol–water partition coefficient (Wildman–Crippen LogP) is 4.01. The summed E-state index contributed by atoms with van der Waals surface area (Å²) in [6.07, 6.45) is 0. The van der Waals surface area contributed by atoms with Crippen molar-refractivity contribution in [3.8, 4) is 22.4 Å². The maximum atomic E-state index is 6.26. The molecule has 0 radical (unpaired) electrons. The van der Waals surface area contributed by atoms with Crippen LogP contribution in [0.3, 0.4) is 0 Å². The van der Waals surface area contributed by atoms with E-state index in [9.17, 15) is 0 Å². The topological polar surface area (TPSA) is 43.8 Å². The number of anilines is 1. The van der Waals surface area contributed by atoms with Crippen LogP contribution in [0.1, 0.15) is 11.1 Å². The van der Waals surface area contributed by atoms with E-state index in [1.54, 1.807) is 16.0 Å². The molecule has 0 amide bonds. The van der Waals surface area contributed by atoms with Crippen LogP contribution < -0.4 is 5.73 Å². The van der Waals surface area contributed by atoms with Crippen molar-refractivity contribution in [1.82, 2.24) is 9.78 Å². The number of hydrogen-bond donors (Lipinski definition) is 1. The lowest BCUT2D eigenvalue weighted by Gasteiger charge is -2.07. The van der Waals surface area contributed by atoms with Crippen LogP contribution >= 0.6 is 11.3 Å². The Bertz CT molecular complexity index is 768. The van der Waals surface area contributed by atoms with Crippen molar-refractivity contribution in [1.29, 1.82) is 0 Å². The van der Waals surface area contributed by atoms with E-state index in [0.29, 0.717) is 5.82 Å². The van der Waals surface area contributed by atoms with E-state index in [-0.39, 0.29) is 0 Å². The largest absolute Gasteiger partial charge is 0.383 e. The van der Waals surface area contributed by atoms with Gasteiger partial charge in [0.1, 0.15) is 11.5 Å². The molecule has 102 valence electrons. The van der Waals surface area contributed by atoms with Crippen LogP contribution in [-0.2, 0) is 7.05 Å². The minimum absolute atomic E-state index is 0.708. The SMILES string of the molecule is Cc1cscc1-c1nn(C)c(N)c1-c1ccccc1C. The van der Waals surface area contributed by atoms with Crippen LogP contribution in [0.15, 0.2) is 35.0 Å². The van der Waals surface area contributed by atoms with Gasteiger partial charge in [0.15, 0.2) is 0 Å². The Morgan fingerprint density at radius 2 is 1.80 bits per heavy atom. The molecule has 0 unspecified atom stereocenters. The molecule has 0 aliphatic rings. The Labute approximate surface area is 122 Å². The molecule has 4 heteroatoms. The molecule has 1 aromatic carbocycles. The average molecular weight is 283 g/mol. The van der Waals surface area contributed by atoms with Crippen LogP contribution in [0, 0.1) is 13.8 Å². The zero-order valence-electron chi connectivity index (χ0n) is 11.8. The van der Waals surface area contributed by atoms with Crippen molar-refractivity contribution in [3.05, 3.63) is 46.2 Å². The smallest absolute Gasteiger partial charge is 0.129 e. The van der Waals surface area contributed by atoms with E-state index < -0.39 is 0 Å². The molecule has 0 atom stereocenters. The highest BCUT2D eigenvalue weighted by molar-refractivity contribution is 7.08. The van der Waals surface area contributed by atoms with Gasteiger partial charge in [-0.1, -0.05) is 24.3 Å². The van der Waals surface area contributed by atoms with Crippen molar-refractivity contribution < 1.29 is 0 Å². The molecule has 3 rings (SSSR count). The number of hydrogen-bond acceptors (Lipinski definition) is 3. The third-order valence-corrected chi connectivity index (χ3v) is 4.48. The molecular formula is C16H17N3S. The number of benzene rings is 1. The molecule has 3 nitrogen and oxygen atoms in total. The summed E-state index contributed by atoms with van der Waals surface area (Å²) >= 11 is 1.69. The molecular weight excluding hydrogens is 266 g/mol. The molecule has 0 saturated carbocycles. The Morgan fingerprint density at radius 3 is 2.45 bits per heavy atom. The number of nitrogen functional groups attached to an aromatic ring is 1. The summed E-state index contributed by atoms with van der Waals surface area (Å²) in [6.45, 7) is 4.21. The molecule has 2 heterocycles. The fraction of sp³-hybridized carbons (Fsp3) is 0.188. The van der Waals surface area contributed by atoms with Crippen LogP contribution in [0.25, 0.3) is 22.4 Å². The fourth-order valence-electron chi connectivity index (χ4n) is 2.45. The maximum Gasteiger partial charge on any atom is 0.129 e. The van der Waals surface area contributed by atoms with Gasteiger partial charge in [0.05, 0.1) is 5.56 Å². The molecule has 0 bridgehead atoms. The second-order valence-corrected chi connectivity index (χ2v) is 5.76. The Balaban J connectivity index is 2.31. The number of nitrogens with zero attached hydrogens (tertiary/aromatic N) is 2. The van der Waals surface area contributed by atoms with E-state index in [2.05, 4.69) is 41.8 Å². The monoisotopic (exact) mass is 283 g/mol. The van der Waals surface area contributed by atoms with Gasteiger partial charge in [-0.2, -0.15) is 16.4 Å². The fourth-order valence-corrected chi connectivity index (χ4v) is 3.28. The molecule has 0 spiro atoms. The number of nitrogens with two attached hydrogens (primary N) is 1. The summed E-state index contributed by atoms with van der Waals surface area (Å²) in [4.78, 5) is 0. The Hall–Kier alpha value is -2.07. The summed E-state index contributed by atoms with van der Waals surface area (Å²) in [5.41, 5.74) is 13.0. The maximum absolute atomic E-state index is 6.26. The van der Waals surface area contributed by atoms with Crippen molar-refractivity contribution >= 4 is 17.2 Å².